The Morgan fingerprint density at radius 1 is 0.967 bits per heavy atom. The molecule has 0 fully saturated rings. The van der Waals surface area contributed by atoms with E-state index in [1.165, 1.54) is 45.8 Å². The van der Waals surface area contributed by atoms with E-state index in [0.29, 0.717) is 5.75 Å². The predicted molar refractivity (Wildman–Crippen MR) is 107 cm³/mol. The van der Waals surface area contributed by atoms with Crippen LogP contribution in [0.1, 0.15) is 47.2 Å². The Morgan fingerprint density at radius 2 is 1.60 bits per heavy atom. The maximum Gasteiger partial charge on any atom is 0.341 e. The Bertz CT molecular complexity index is 939. The van der Waals surface area contributed by atoms with Crippen molar-refractivity contribution in [3.05, 3.63) is 41.3 Å². The zero-order chi connectivity index (χ0) is 22.5. The van der Waals surface area contributed by atoms with E-state index in [0.717, 1.165) is 0 Å². The summed E-state index contributed by atoms with van der Waals surface area (Å²) < 4.78 is 25.7. The van der Waals surface area contributed by atoms with Gasteiger partial charge >= 0.3 is 11.9 Å². The number of amides is 1. The lowest BCUT2D eigenvalue weighted by atomic mass is 9.95. The zero-order valence-electron chi connectivity index (χ0n) is 17.8. The van der Waals surface area contributed by atoms with Gasteiger partial charge in [-0.25, -0.2) is 9.59 Å². The van der Waals surface area contributed by atoms with Crippen molar-refractivity contribution in [2.75, 3.05) is 26.6 Å². The highest BCUT2D eigenvalue weighted by atomic mass is 16.5. The number of esters is 2. The van der Waals surface area contributed by atoms with Crippen molar-refractivity contribution in [3.63, 3.8) is 0 Å². The van der Waals surface area contributed by atoms with E-state index in [2.05, 4.69) is 10.1 Å². The Balaban J connectivity index is 2.33. The summed E-state index contributed by atoms with van der Waals surface area (Å²) in [6.07, 6.45) is 1.29. The molecule has 1 N–H and O–H groups in total. The lowest BCUT2D eigenvalue weighted by molar-refractivity contribution is -0.123. The fourth-order valence-electron chi connectivity index (χ4n) is 2.41. The third kappa shape index (κ3) is 5.11. The molecular weight excluding hydrogens is 394 g/mol. The molecule has 9 nitrogen and oxygen atoms in total. The maximum atomic E-state index is 12.8. The smallest absolute Gasteiger partial charge is 0.341 e. The summed E-state index contributed by atoms with van der Waals surface area (Å²) in [6.45, 7) is 4.92. The first-order valence-electron chi connectivity index (χ1n) is 9.01. The van der Waals surface area contributed by atoms with Gasteiger partial charge < -0.3 is 28.7 Å². The molecular formula is C21H25NO8. The standard InChI is InChI=1S/C21H25NO8/c1-21(2,3)20(25)22-14-10-16(27-5)15(26-4)9-13(14)19(24)30-11-17-12(7-8-29-17)18(23)28-6/h7-10H,11H2,1-6H3,(H,22,25). The molecule has 9 heteroatoms. The van der Waals surface area contributed by atoms with Gasteiger partial charge in [-0.1, -0.05) is 20.8 Å². The van der Waals surface area contributed by atoms with Crippen LogP contribution in [-0.4, -0.2) is 39.2 Å². The van der Waals surface area contributed by atoms with Crippen LogP contribution >= 0.6 is 0 Å². The molecule has 2 aromatic rings. The van der Waals surface area contributed by atoms with Crippen molar-refractivity contribution >= 4 is 23.5 Å². The third-order valence-electron chi connectivity index (χ3n) is 4.16. The van der Waals surface area contributed by atoms with Crippen molar-refractivity contribution in [2.24, 2.45) is 5.41 Å². The number of benzene rings is 1. The summed E-state index contributed by atoms with van der Waals surface area (Å²) >= 11 is 0. The minimum Gasteiger partial charge on any atom is -0.493 e. The zero-order valence-corrected chi connectivity index (χ0v) is 17.8. The molecule has 0 atom stereocenters. The number of hydrogen-bond acceptors (Lipinski definition) is 8. The van der Waals surface area contributed by atoms with E-state index in [1.807, 2.05) is 0 Å². The molecule has 0 radical (unpaired) electrons. The number of furan rings is 1. The number of nitrogens with one attached hydrogen (secondary N) is 1. The Morgan fingerprint density at radius 3 is 2.17 bits per heavy atom. The van der Waals surface area contributed by atoms with Crippen molar-refractivity contribution < 1.29 is 37.7 Å². The summed E-state index contributed by atoms with van der Waals surface area (Å²) in [6, 6.07) is 4.30. The maximum absolute atomic E-state index is 12.8. The SMILES string of the molecule is COC(=O)c1ccoc1COC(=O)c1cc(OC)c(OC)cc1NC(=O)C(C)(C)C. The first-order valence-corrected chi connectivity index (χ1v) is 9.01. The molecule has 0 aliphatic rings. The van der Waals surface area contributed by atoms with E-state index in [4.69, 9.17) is 18.6 Å². The number of hydrogen-bond donors (Lipinski definition) is 1. The van der Waals surface area contributed by atoms with Gasteiger partial charge in [-0.3, -0.25) is 4.79 Å². The van der Waals surface area contributed by atoms with E-state index >= 15 is 0 Å². The average molecular weight is 419 g/mol. The third-order valence-corrected chi connectivity index (χ3v) is 4.16. The van der Waals surface area contributed by atoms with Crippen LogP contribution < -0.4 is 14.8 Å². The normalized spacial score (nSPS) is 10.9. The summed E-state index contributed by atoms with van der Waals surface area (Å²) in [5.41, 5.74) is -0.293. The first-order chi connectivity index (χ1) is 14.1. The molecule has 162 valence electrons. The molecule has 1 heterocycles. The number of ether oxygens (including phenoxy) is 4. The number of methoxy groups -OCH3 is 3. The van der Waals surface area contributed by atoms with E-state index in [1.54, 1.807) is 20.8 Å². The van der Waals surface area contributed by atoms with Crippen LogP contribution in [0.15, 0.2) is 28.9 Å². The predicted octanol–water partition coefficient (Wildman–Crippen LogP) is 3.43. The van der Waals surface area contributed by atoms with Crippen LogP contribution in [0.5, 0.6) is 11.5 Å². The second-order valence-electron chi connectivity index (χ2n) is 7.28. The highest BCUT2D eigenvalue weighted by molar-refractivity contribution is 6.03. The quantitative estimate of drug-likeness (QED) is 0.679. The number of carbonyl (C=O) groups is 3. The van der Waals surface area contributed by atoms with Crippen molar-refractivity contribution in [2.45, 2.75) is 27.4 Å². The van der Waals surface area contributed by atoms with Crippen molar-refractivity contribution in [3.8, 4) is 11.5 Å². The van der Waals surface area contributed by atoms with E-state index < -0.39 is 17.4 Å². The fourth-order valence-corrected chi connectivity index (χ4v) is 2.41. The van der Waals surface area contributed by atoms with Crippen molar-refractivity contribution in [1.82, 2.24) is 0 Å². The van der Waals surface area contributed by atoms with Gasteiger partial charge in [0.25, 0.3) is 0 Å². The number of carbonyl (C=O) groups excluding carboxylic acids is 3. The molecule has 1 aromatic heterocycles. The lowest BCUT2D eigenvalue weighted by Crippen LogP contribution is -2.28. The second kappa shape index (κ2) is 9.34. The molecule has 1 aromatic carbocycles. The highest BCUT2D eigenvalue weighted by Crippen LogP contribution is 2.34. The monoisotopic (exact) mass is 419 g/mol. The molecule has 0 aliphatic heterocycles. The Labute approximate surface area is 174 Å². The van der Waals surface area contributed by atoms with Gasteiger partial charge in [0.05, 0.1) is 38.8 Å². The summed E-state index contributed by atoms with van der Waals surface area (Å²) in [7, 11) is 4.10. The van der Waals surface area contributed by atoms with Crippen LogP contribution in [0.25, 0.3) is 0 Å². The summed E-state index contributed by atoms with van der Waals surface area (Å²) in [4.78, 5) is 37.0. The lowest BCUT2D eigenvalue weighted by Gasteiger charge is -2.20. The van der Waals surface area contributed by atoms with Gasteiger partial charge in [0.15, 0.2) is 23.9 Å². The average Bonchev–Trinajstić information content (AvgIpc) is 3.18. The van der Waals surface area contributed by atoms with Crippen LogP contribution in [0, 0.1) is 5.41 Å². The van der Waals surface area contributed by atoms with Gasteiger partial charge in [0, 0.05) is 17.5 Å². The minimum absolute atomic E-state index is 0.0522. The van der Waals surface area contributed by atoms with E-state index in [-0.39, 0.29) is 40.8 Å². The molecule has 0 bridgehead atoms. The minimum atomic E-state index is -0.757. The fraction of sp³-hybridized carbons (Fsp3) is 0.381. The second-order valence-corrected chi connectivity index (χ2v) is 7.28. The largest absolute Gasteiger partial charge is 0.493 e. The van der Waals surface area contributed by atoms with Crippen LogP contribution in [0.3, 0.4) is 0 Å². The molecule has 30 heavy (non-hydrogen) atoms. The molecule has 0 saturated carbocycles. The van der Waals surface area contributed by atoms with Gasteiger partial charge in [-0.05, 0) is 6.07 Å². The molecule has 0 unspecified atom stereocenters. The van der Waals surface area contributed by atoms with Crippen LogP contribution in [0.2, 0.25) is 0 Å². The van der Waals surface area contributed by atoms with Gasteiger partial charge in [-0.15, -0.1) is 0 Å². The molecule has 2 rings (SSSR count). The van der Waals surface area contributed by atoms with Crippen molar-refractivity contribution in [1.29, 1.82) is 0 Å². The van der Waals surface area contributed by atoms with E-state index in [9.17, 15) is 14.4 Å². The number of rotatable bonds is 7. The van der Waals surface area contributed by atoms with Gasteiger partial charge in [0.1, 0.15) is 5.56 Å². The summed E-state index contributed by atoms with van der Waals surface area (Å²) in [5.74, 6) is -0.922. The number of anilines is 1. The topological polar surface area (TPSA) is 113 Å². The Kier molecular flexibility index (Phi) is 7.10. The first kappa shape index (κ1) is 22.8. The molecule has 0 saturated heterocycles. The molecule has 0 aliphatic carbocycles. The van der Waals surface area contributed by atoms with Crippen LogP contribution in [-0.2, 0) is 20.9 Å². The highest BCUT2D eigenvalue weighted by Gasteiger charge is 2.26. The summed E-state index contributed by atoms with van der Waals surface area (Å²) in [5, 5.41) is 2.72. The van der Waals surface area contributed by atoms with Crippen LogP contribution in [0.4, 0.5) is 5.69 Å². The van der Waals surface area contributed by atoms with Gasteiger partial charge in [-0.2, -0.15) is 0 Å². The van der Waals surface area contributed by atoms with Gasteiger partial charge in [0.2, 0.25) is 5.91 Å². The Hall–Kier alpha value is -3.49. The molecule has 0 spiro atoms. The molecule has 1 amide bonds.